The van der Waals surface area contributed by atoms with Crippen LogP contribution in [0.5, 0.6) is 11.5 Å². The third kappa shape index (κ3) is 8.03. The van der Waals surface area contributed by atoms with Gasteiger partial charge < -0.3 is 19.3 Å². The van der Waals surface area contributed by atoms with Gasteiger partial charge in [0.1, 0.15) is 6.54 Å². The first kappa shape index (κ1) is 29.6. The number of benzene rings is 2. The minimum Gasteiger partial charge on any atom is -0.493 e. The second-order valence-corrected chi connectivity index (χ2v) is 10.2. The Labute approximate surface area is 233 Å². The Morgan fingerprint density at radius 3 is 2.41 bits per heavy atom. The molecule has 0 aliphatic heterocycles. The molecule has 10 heteroatoms. The number of hydrogen-bond acceptors (Lipinski definition) is 7. The summed E-state index contributed by atoms with van der Waals surface area (Å²) in [5, 5.41) is 13.4. The van der Waals surface area contributed by atoms with E-state index in [9.17, 15) is 19.7 Å². The van der Waals surface area contributed by atoms with Crippen LogP contribution >= 0.6 is 11.3 Å². The highest BCUT2D eigenvalue weighted by Crippen LogP contribution is 2.28. The first-order valence-electron chi connectivity index (χ1n) is 12.8. The van der Waals surface area contributed by atoms with Gasteiger partial charge in [-0.25, -0.2) is 0 Å². The number of carbonyl (C=O) groups is 2. The van der Waals surface area contributed by atoms with Crippen molar-refractivity contribution in [2.75, 3.05) is 33.9 Å². The fourth-order valence-corrected chi connectivity index (χ4v) is 4.89. The highest BCUT2D eigenvalue weighted by Gasteiger charge is 2.24. The normalized spacial score (nSPS) is 10.7. The molecule has 3 rings (SSSR count). The van der Waals surface area contributed by atoms with E-state index in [4.69, 9.17) is 9.47 Å². The molecule has 2 aromatic carbocycles. The molecule has 0 fully saturated rings. The fraction of sp³-hybridized carbons (Fsp3) is 0.379. The number of carbonyl (C=O) groups excluding carboxylic acids is 2. The van der Waals surface area contributed by atoms with Gasteiger partial charge in [-0.2, -0.15) is 0 Å². The second-order valence-electron chi connectivity index (χ2n) is 9.17. The lowest BCUT2D eigenvalue weighted by molar-refractivity contribution is -0.385. The zero-order valence-corrected chi connectivity index (χ0v) is 23.7. The maximum Gasteiger partial charge on any atom is 0.273 e. The summed E-state index contributed by atoms with van der Waals surface area (Å²) >= 11 is 1.57. The molecule has 0 atom stereocenters. The Morgan fingerprint density at radius 1 is 1.00 bits per heavy atom. The molecule has 39 heavy (non-hydrogen) atoms. The first-order valence-corrected chi connectivity index (χ1v) is 13.7. The van der Waals surface area contributed by atoms with Gasteiger partial charge in [0, 0.05) is 35.2 Å². The Bertz CT molecular complexity index is 1280. The van der Waals surface area contributed by atoms with Crippen LogP contribution in [-0.4, -0.2) is 60.4 Å². The molecule has 0 unspecified atom stereocenters. The monoisotopic (exact) mass is 553 g/mol. The summed E-state index contributed by atoms with van der Waals surface area (Å²) in [6, 6.07) is 14.0. The van der Waals surface area contributed by atoms with Gasteiger partial charge >= 0.3 is 0 Å². The van der Waals surface area contributed by atoms with E-state index >= 15 is 0 Å². The number of thiophene rings is 1. The molecule has 0 saturated carbocycles. The molecule has 0 N–H and O–H groups in total. The predicted octanol–water partition coefficient (Wildman–Crippen LogP) is 5.50. The number of aryl methyl sites for hydroxylation is 1. The van der Waals surface area contributed by atoms with Crippen molar-refractivity contribution in [1.82, 2.24) is 9.80 Å². The van der Waals surface area contributed by atoms with E-state index in [1.807, 2.05) is 42.6 Å². The van der Waals surface area contributed by atoms with E-state index in [1.54, 1.807) is 49.5 Å². The van der Waals surface area contributed by atoms with Gasteiger partial charge in [0.05, 0.1) is 25.7 Å². The number of methoxy groups -OCH3 is 2. The van der Waals surface area contributed by atoms with Crippen molar-refractivity contribution in [2.24, 2.45) is 0 Å². The third-order valence-electron chi connectivity index (χ3n) is 6.45. The van der Waals surface area contributed by atoms with Crippen molar-refractivity contribution >= 4 is 28.8 Å². The predicted molar refractivity (Wildman–Crippen MR) is 152 cm³/mol. The molecular formula is C29H35N3O6S. The lowest BCUT2D eigenvalue weighted by atomic mass is 10.1. The largest absolute Gasteiger partial charge is 0.493 e. The molecule has 0 spiro atoms. The number of amides is 2. The summed E-state index contributed by atoms with van der Waals surface area (Å²) in [4.78, 5) is 42.3. The molecule has 0 bridgehead atoms. The summed E-state index contributed by atoms with van der Waals surface area (Å²) in [7, 11) is 3.16. The molecule has 3 aromatic rings. The first-order chi connectivity index (χ1) is 18.8. The minimum absolute atomic E-state index is 0.113. The molecule has 0 saturated heterocycles. The number of nitro groups is 1. The van der Waals surface area contributed by atoms with E-state index in [1.165, 1.54) is 11.0 Å². The number of nitrogens with zero attached hydrogens (tertiary/aromatic N) is 3. The fourth-order valence-electron chi connectivity index (χ4n) is 4.17. The van der Waals surface area contributed by atoms with Crippen molar-refractivity contribution in [3.05, 3.63) is 85.6 Å². The number of ether oxygens (including phenoxy) is 2. The molecule has 0 radical (unpaired) electrons. The summed E-state index contributed by atoms with van der Waals surface area (Å²) in [5.41, 5.74) is 1.55. The Kier molecular flexibility index (Phi) is 10.9. The Hall–Kier alpha value is -3.92. The average molecular weight is 554 g/mol. The van der Waals surface area contributed by atoms with Gasteiger partial charge in [0.25, 0.3) is 11.6 Å². The third-order valence-corrected chi connectivity index (χ3v) is 7.31. The van der Waals surface area contributed by atoms with E-state index in [-0.39, 0.29) is 23.7 Å². The van der Waals surface area contributed by atoms with Crippen molar-refractivity contribution in [3.63, 3.8) is 0 Å². The Balaban J connectivity index is 1.81. The second kappa shape index (κ2) is 14.3. The molecule has 0 aliphatic rings. The molecule has 0 aliphatic carbocycles. The molecule has 2 amide bonds. The van der Waals surface area contributed by atoms with Crippen LogP contribution in [0.25, 0.3) is 0 Å². The maximum absolute atomic E-state index is 13.6. The topological polar surface area (TPSA) is 102 Å². The SMILES string of the molecule is CCCCN(CC(=O)N(CCc1ccc(OC)c(OC)c1)Cc1cccs1)C(=O)c1ccc(C)c([N+](=O)[O-])c1. The maximum atomic E-state index is 13.6. The van der Waals surface area contributed by atoms with Crippen molar-refractivity contribution < 1.29 is 24.0 Å². The van der Waals surface area contributed by atoms with Crippen LogP contribution in [0, 0.1) is 17.0 Å². The van der Waals surface area contributed by atoms with E-state index in [0.29, 0.717) is 49.5 Å². The van der Waals surface area contributed by atoms with Gasteiger partial charge in [-0.15, -0.1) is 11.3 Å². The standard InChI is InChI=1S/C29H35N3O6S/c1-5-6-14-31(29(34)23-11-9-21(2)25(18-23)32(35)36)20-28(33)30(19-24-8-7-16-39-24)15-13-22-10-12-26(37-3)27(17-22)38-4/h7-12,16-18H,5-6,13-15,19-20H2,1-4H3. The van der Waals surface area contributed by atoms with E-state index < -0.39 is 10.8 Å². The molecular weight excluding hydrogens is 518 g/mol. The lowest BCUT2D eigenvalue weighted by Gasteiger charge is -2.28. The lowest BCUT2D eigenvalue weighted by Crippen LogP contribution is -2.43. The van der Waals surface area contributed by atoms with Gasteiger partial charge in [-0.3, -0.25) is 19.7 Å². The van der Waals surface area contributed by atoms with E-state index in [0.717, 1.165) is 16.9 Å². The van der Waals surface area contributed by atoms with Crippen LogP contribution in [0.2, 0.25) is 0 Å². The van der Waals surface area contributed by atoms with Crippen LogP contribution in [0.4, 0.5) is 5.69 Å². The smallest absolute Gasteiger partial charge is 0.273 e. The highest BCUT2D eigenvalue weighted by molar-refractivity contribution is 7.09. The van der Waals surface area contributed by atoms with Gasteiger partial charge in [-0.1, -0.05) is 31.5 Å². The van der Waals surface area contributed by atoms with E-state index in [2.05, 4.69) is 0 Å². The van der Waals surface area contributed by atoms with Crippen molar-refractivity contribution in [2.45, 2.75) is 39.7 Å². The summed E-state index contributed by atoms with van der Waals surface area (Å²) in [6.45, 7) is 4.77. The van der Waals surface area contributed by atoms with Crippen molar-refractivity contribution in [1.29, 1.82) is 0 Å². The molecule has 208 valence electrons. The van der Waals surface area contributed by atoms with Crippen LogP contribution in [0.15, 0.2) is 53.9 Å². The van der Waals surface area contributed by atoms with Gasteiger partial charge in [-0.05, 0) is 55.0 Å². The summed E-state index contributed by atoms with van der Waals surface area (Å²) in [5.74, 6) is 0.676. The van der Waals surface area contributed by atoms with Crippen LogP contribution in [0.3, 0.4) is 0 Å². The molecule has 1 aromatic heterocycles. The average Bonchev–Trinajstić information content (AvgIpc) is 3.45. The van der Waals surface area contributed by atoms with Crippen molar-refractivity contribution in [3.8, 4) is 11.5 Å². The minimum atomic E-state index is -0.495. The quantitative estimate of drug-likeness (QED) is 0.193. The molecule has 1 heterocycles. The zero-order chi connectivity index (χ0) is 28.4. The van der Waals surface area contributed by atoms with Gasteiger partial charge in [0.15, 0.2) is 11.5 Å². The number of unbranched alkanes of at least 4 members (excludes halogenated alkanes) is 1. The highest BCUT2D eigenvalue weighted by atomic mass is 32.1. The zero-order valence-electron chi connectivity index (χ0n) is 22.8. The number of nitro benzene ring substituents is 1. The van der Waals surface area contributed by atoms with Gasteiger partial charge in [0.2, 0.25) is 5.91 Å². The Morgan fingerprint density at radius 2 is 1.77 bits per heavy atom. The van der Waals surface area contributed by atoms with Crippen LogP contribution < -0.4 is 9.47 Å². The summed E-state index contributed by atoms with van der Waals surface area (Å²) in [6.07, 6.45) is 2.14. The molecule has 9 nitrogen and oxygen atoms in total. The number of rotatable bonds is 14. The summed E-state index contributed by atoms with van der Waals surface area (Å²) < 4.78 is 10.7. The number of hydrogen-bond donors (Lipinski definition) is 0. The van der Waals surface area contributed by atoms with Crippen LogP contribution in [0.1, 0.15) is 46.1 Å². The van der Waals surface area contributed by atoms with Crippen LogP contribution in [-0.2, 0) is 17.8 Å².